The molecule has 7 heteroatoms. The Morgan fingerprint density at radius 3 is 1.25 bits per heavy atom. The topological polar surface area (TPSA) is 96.0 Å². The minimum Gasteiger partial charge on any atom is -0.462 e. The summed E-state index contributed by atoms with van der Waals surface area (Å²) in [7, 11) is 0. The zero-order valence-corrected chi connectivity index (χ0v) is 13.3. The average Bonchev–Trinajstić information content (AvgIpc) is 2.61. The van der Waals surface area contributed by atoms with Gasteiger partial charge in [-0.05, 0) is 6.08 Å². The van der Waals surface area contributed by atoms with E-state index in [2.05, 4.69) is 26.3 Å². The lowest BCUT2D eigenvalue weighted by Crippen LogP contribution is -2.40. The molecule has 0 fully saturated rings. The van der Waals surface area contributed by atoms with E-state index in [4.69, 9.17) is 14.2 Å². The van der Waals surface area contributed by atoms with Gasteiger partial charge in [-0.15, -0.1) is 0 Å². The molecule has 0 atom stereocenters. The molecule has 0 N–H and O–H groups in total. The molecule has 0 saturated heterocycles. The lowest BCUT2D eigenvalue weighted by molar-refractivity contribution is -0.158. The van der Waals surface area contributed by atoms with Gasteiger partial charge in [-0.3, -0.25) is 4.79 Å². The zero-order chi connectivity index (χ0) is 18.6. The van der Waals surface area contributed by atoms with Crippen molar-refractivity contribution in [3.8, 4) is 0 Å². The van der Waals surface area contributed by atoms with E-state index in [1.54, 1.807) is 0 Å². The molecule has 0 aromatic rings. The van der Waals surface area contributed by atoms with Crippen molar-refractivity contribution in [1.29, 1.82) is 0 Å². The van der Waals surface area contributed by atoms with E-state index >= 15 is 0 Å². The summed E-state index contributed by atoms with van der Waals surface area (Å²) in [6.45, 7) is 12.1. The average molecular weight is 336 g/mol. The first-order valence-corrected chi connectivity index (χ1v) is 6.85. The third-order valence-electron chi connectivity index (χ3n) is 2.84. The summed E-state index contributed by atoms with van der Waals surface area (Å²) in [4.78, 5) is 45.7. The molecule has 0 spiro atoms. The summed E-state index contributed by atoms with van der Waals surface area (Å²) in [5, 5.41) is 0. The van der Waals surface area contributed by atoms with Crippen LogP contribution in [0.25, 0.3) is 0 Å². The second-order valence-electron chi connectivity index (χ2n) is 4.78. The molecule has 0 heterocycles. The fourth-order valence-corrected chi connectivity index (χ4v) is 1.57. The van der Waals surface area contributed by atoms with Crippen LogP contribution in [0.2, 0.25) is 0 Å². The van der Waals surface area contributed by atoms with Crippen LogP contribution in [0.4, 0.5) is 0 Å². The number of hydrogen-bond acceptors (Lipinski definition) is 7. The van der Waals surface area contributed by atoms with E-state index in [1.807, 2.05) is 0 Å². The Bertz CT molecular complexity index is 485. The van der Waals surface area contributed by atoms with Gasteiger partial charge < -0.3 is 14.2 Å². The van der Waals surface area contributed by atoms with Crippen molar-refractivity contribution in [3.05, 3.63) is 50.6 Å². The Balaban J connectivity index is 5.39. The SMILES string of the molecule is C=CC(=O)CC(COC(=O)C=C)(COC(=O)C=C)COC(=O)C=C. The highest BCUT2D eigenvalue weighted by Crippen LogP contribution is 2.26. The van der Waals surface area contributed by atoms with Gasteiger partial charge in [0.1, 0.15) is 19.8 Å². The number of allylic oxidation sites excluding steroid dienone is 1. The minimum atomic E-state index is -1.28. The third kappa shape index (κ3) is 7.88. The predicted octanol–water partition coefficient (Wildman–Crippen LogP) is 1.31. The zero-order valence-electron chi connectivity index (χ0n) is 13.3. The van der Waals surface area contributed by atoms with E-state index in [0.29, 0.717) is 0 Å². The van der Waals surface area contributed by atoms with Gasteiger partial charge in [0.05, 0.1) is 5.41 Å². The van der Waals surface area contributed by atoms with Crippen molar-refractivity contribution in [2.75, 3.05) is 19.8 Å². The smallest absolute Gasteiger partial charge is 0.330 e. The van der Waals surface area contributed by atoms with Crippen LogP contribution >= 0.6 is 0 Å². The maximum atomic E-state index is 11.8. The Kier molecular flexibility index (Phi) is 9.39. The monoisotopic (exact) mass is 336 g/mol. The molecule has 0 aliphatic carbocycles. The summed E-state index contributed by atoms with van der Waals surface area (Å²) in [6.07, 6.45) is 3.65. The number of carbonyl (C=O) groups excluding carboxylic acids is 4. The van der Waals surface area contributed by atoms with Crippen LogP contribution in [0.3, 0.4) is 0 Å². The van der Waals surface area contributed by atoms with Crippen molar-refractivity contribution < 1.29 is 33.4 Å². The molecule has 0 unspecified atom stereocenters. The second kappa shape index (κ2) is 10.7. The maximum absolute atomic E-state index is 11.8. The fourth-order valence-electron chi connectivity index (χ4n) is 1.57. The highest BCUT2D eigenvalue weighted by Gasteiger charge is 2.37. The highest BCUT2D eigenvalue weighted by molar-refractivity contribution is 5.90. The lowest BCUT2D eigenvalue weighted by atomic mass is 9.85. The molecule has 7 nitrogen and oxygen atoms in total. The Hall–Kier alpha value is -2.96. The van der Waals surface area contributed by atoms with Gasteiger partial charge in [0.25, 0.3) is 0 Å². The van der Waals surface area contributed by atoms with E-state index in [9.17, 15) is 19.2 Å². The Morgan fingerprint density at radius 2 is 1.00 bits per heavy atom. The molecule has 0 aromatic carbocycles. The molecule has 0 saturated carbocycles. The summed E-state index contributed by atoms with van der Waals surface area (Å²) in [5.74, 6) is -2.63. The lowest BCUT2D eigenvalue weighted by Gasteiger charge is -2.30. The number of carbonyl (C=O) groups is 4. The summed E-state index contributed by atoms with van der Waals surface area (Å²) in [5.41, 5.74) is -1.28. The maximum Gasteiger partial charge on any atom is 0.330 e. The second-order valence-corrected chi connectivity index (χ2v) is 4.78. The molecule has 0 radical (unpaired) electrons. The van der Waals surface area contributed by atoms with Crippen molar-refractivity contribution >= 4 is 23.7 Å². The van der Waals surface area contributed by atoms with E-state index in [1.165, 1.54) is 0 Å². The van der Waals surface area contributed by atoms with Crippen molar-refractivity contribution in [2.24, 2.45) is 5.41 Å². The molecule has 0 bridgehead atoms. The summed E-state index contributed by atoms with van der Waals surface area (Å²) < 4.78 is 14.9. The van der Waals surface area contributed by atoms with E-state index in [-0.39, 0.29) is 26.2 Å². The first-order valence-electron chi connectivity index (χ1n) is 6.85. The van der Waals surface area contributed by atoms with Crippen molar-refractivity contribution in [2.45, 2.75) is 6.42 Å². The van der Waals surface area contributed by atoms with Crippen LogP contribution in [0.5, 0.6) is 0 Å². The number of rotatable bonds is 12. The predicted molar refractivity (Wildman–Crippen MR) is 85.7 cm³/mol. The van der Waals surface area contributed by atoms with Crippen LogP contribution in [0.15, 0.2) is 50.6 Å². The van der Waals surface area contributed by atoms with Crippen molar-refractivity contribution in [3.63, 3.8) is 0 Å². The quantitative estimate of drug-likeness (QED) is 0.301. The van der Waals surface area contributed by atoms with Gasteiger partial charge >= 0.3 is 17.9 Å². The standard InChI is InChI=1S/C17H20O7/c1-5-13(18)9-17(10-22-14(19)6-2,11-23-15(20)7-3)12-24-16(21)8-4/h5-8H,1-4,9-12H2. The van der Waals surface area contributed by atoms with Gasteiger partial charge in [0.2, 0.25) is 0 Å². The first kappa shape index (κ1) is 21.0. The molecule has 130 valence electrons. The van der Waals surface area contributed by atoms with Gasteiger partial charge in [0.15, 0.2) is 5.78 Å². The molecule has 0 aliphatic heterocycles. The van der Waals surface area contributed by atoms with Crippen LogP contribution in [-0.4, -0.2) is 43.5 Å². The highest BCUT2D eigenvalue weighted by atomic mass is 16.6. The van der Waals surface area contributed by atoms with Crippen LogP contribution in [0, 0.1) is 5.41 Å². The molecule has 24 heavy (non-hydrogen) atoms. The van der Waals surface area contributed by atoms with E-state index in [0.717, 1.165) is 24.3 Å². The number of ketones is 1. The van der Waals surface area contributed by atoms with Crippen LogP contribution in [-0.2, 0) is 33.4 Å². The molecule has 0 rings (SSSR count). The summed E-state index contributed by atoms with van der Waals surface area (Å²) in [6, 6.07) is 0. The third-order valence-corrected chi connectivity index (χ3v) is 2.84. The number of hydrogen-bond donors (Lipinski definition) is 0. The van der Waals surface area contributed by atoms with Crippen LogP contribution in [0.1, 0.15) is 6.42 Å². The molecular formula is C17H20O7. The largest absolute Gasteiger partial charge is 0.462 e. The molecule has 0 aromatic heterocycles. The first-order chi connectivity index (χ1) is 11.3. The van der Waals surface area contributed by atoms with E-state index < -0.39 is 29.1 Å². The molecule has 0 amide bonds. The molecular weight excluding hydrogens is 316 g/mol. The van der Waals surface area contributed by atoms with Crippen LogP contribution < -0.4 is 0 Å². The Morgan fingerprint density at radius 1 is 0.667 bits per heavy atom. The number of esters is 3. The van der Waals surface area contributed by atoms with Gasteiger partial charge in [0, 0.05) is 24.6 Å². The minimum absolute atomic E-state index is 0.226. The van der Waals surface area contributed by atoms with Gasteiger partial charge in [-0.2, -0.15) is 0 Å². The molecule has 0 aliphatic rings. The Labute approximate surface area is 140 Å². The fraction of sp³-hybridized carbons (Fsp3) is 0.294. The summed E-state index contributed by atoms with van der Waals surface area (Å²) >= 11 is 0. The van der Waals surface area contributed by atoms with Crippen molar-refractivity contribution in [1.82, 2.24) is 0 Å². The van der Waals surface area contributed by atoms with Gasteiger partial charge in [-0.25, -0.2) is 14.4 Å². The van der Waals surface area contributed by atoms with Gasteiger partial charge in [-0.1, -0.05) is 26.3 Å². The number of ether oxygens (including phenoxy) is 3. The normalized spacial score (nSPS) is 10.0.